The molecule has 18 heavy (non-hydrogen) atoms. The Morgan fingerprint density at radius 2 is 1.89 bits per heavy atom. The Morgan fingerprint density at radius 3 is 2.39 bits per heavy atom. The van der Waals surface area contributed by atoms with Crippen LogP contribution in [0.1, 0.15) is 40.0 Å². The van der Waals surface area contributed by atoms with Crippen molar-refractivity contribution < 1.29 is 14.3 Å². The van der Waals surface area contributed by atoms with E-state index < -0.39 is 0 Å². The molecule has 0 spiro atoms. The highest BCUT2D eigenvalue weighted by Crippen LogP contribution is 2.55. The molecule has 0 radical (unpaired) electrons. The fraction of sp³-hybridized carbons (Fsp3) is 0.692. The first-order valence-corrected chi connectivity index (χ1v) is 6.72. The molecule has 1 aliphatic carbocycles. The number of ketones is 1. The minimum atomic E-state index is -0.268. The number of ether oxygens (including phenoxy) is 1. The molecule has 1 rings (SSSR count). The first kappa shape index (κ1) is 15.5. The number of halogens is 2. The van der Waals surface area contributed by atoms with Crippen LogP contribution in [-0.2, 0) is 14.3 Å². The van der Waals surface area contributed by atoms with Gasteiger partial charge >= 0.3 is 5.97 Å². The maximum absolute atomic E-state index is 11.6. The molecule has 0 aromatic heterocycles. The number of rotatable bonds is 6. The van der Waals surface area contributed by atoms with E-state index in [-0.39, 0.29) is 40.1 Å². The molecule has 0 aromatic rings. The molecule has 0 N–H and O–H groups in total. The lowest BCUT2D eigenvalue weighted by atomic mass is 10.1. The molecular weight excluding hydrogens is 275 g/mol. The molecular formula is C13H18Cl2O3. The van der Waals surface area contributed by atoms with Crippen molar-refractivity contribution in [2.75, 3.05) is 0 Å². The molecule has 0 bridgehead atoms. The molecule has 102 valence electrons. The van der Waals surface area contributed by atoms with E-state index in [1.807, 2.05) is 13.8 Å². The first-order chi connectivity index (χ1) is 8.25. The van der Waals surface area contributed by atoms with Gasteiger partial charge in [0.05, 0.1) is 0 Å². The number of carbonyl (C=O) groups excluding carboxylic acids is 2. The van der Waals surface area contributed by atoms with E-state index in [0.717, 1.165) is 0 Å². The van der Waals surface area contributed by atoms with E-state index in [4.69, 9.17) is 27.9 Å². The monoisotopic (exact) mass is 292 g/mol. The lowest BCUT2D eigenvalue weighted by molar-refractivity contribution is -0.146. The van der Waals surface area contributed by atoms with Crippen molar-refractivity contribution in [1.82, 2.24) is 0 Å². The Hall–Kier alpha value is -0.540. The van der Waals surface area contributed by atoms with Gasteiger partial charge in [-0.3, -0.25) is 4.79 Å². The lowest BCUT2D eigenvalue weighted by Crippen LogP contribution is -2.10. The van der Waals surface area contributed by atoms with Crippen LogP contribution in [0, 0.1) is 11.3 Å². The van der Waals surface area contributed by atoms with E-state index in [0.29, 0.717) is 12.8 Å². The van der Waals surface area contributed by atoms with Crippen molar-refractivity contribution >= 4 is 35.0 Å². The minimum Gasteiger partial charge on any atom is -0.461 e. The second kappa shape index (κ2) is 6.07. The summed E-state index contributed by atoms with van der Waals surface area (Å²) in [4.78, 5) is 22.3. The van der Waals surface area contributed by atoms with E-state index in [2.05, 4.69) is 0 Å². The summed E-state index contributed by atoms with van der Waals surface area (Å²) in [6, 6.07) is 0. The molecule has 1 saturated carbocycles. The van der Waals surface area contributed by atoms with Crippen molar-refractivity contribution in [3.05, 3.63) is 10.6 Å². The average Bonchev–Trinajstić information content (AvgIpc) is 2.67. The Bertz CT molecular complexity index is 370. The van der Waals surface area contributed by atoms with Crippen molar-refractivity contribution in [2.24, 2.45) is 11.3 Å². The molecule has 0 saturated heterocycles. The summed E-state index contributed by atoms with van der Waals surface area (Å²) in [5.41, 5.74) is -0.120. The van der Waals surface area contributed by atoms with Crippen molar-refractivity contribution in [3.8, 4) is 0 Å². The molecule has 0 unspecified atom stereocenters. The normalized spacial score (nSPS) is 24.3. The summed E-state index contributed by atoms with van der Waals surface area (Å²) in [6.45, 7) is 5.51. The third kappa shape index (κ3) is 4.29. The third-order valence-corrected chi connectivity index (χ3v) is 3.54. The summed E-state index contributed by atoms with van der Waals surface area (Å²) in [5, 5.41) is 0. The highest BCUT2D eigenvalue weighted by Gasteiger charge is 2.59. The van der Waals surface area contributed by atoms with Crippen LogP contribution in [0.4, 0.5) is 0 Å². The zero-order chi connectivity index (χ0) is 13.9. The summed E-state index contributed by atoms with van der Waals surface area (Å²) >= 11 is 11.2. The Morgan fingerprint density at radius 1 is 1.28 bits per heavy atom. The Labute approximate surface area is 117 Å². The predicted octanol–water partition coefficient (Wildman–Crippen LogP) is 3.63. The van der Waals surface area contributed by atoms with E-state index in [1.165, 1.54) is 6.92 Å². The van der Waals surface area contributed by atoms with Crippen LogP contribution in [0.25, 0.3) is 0 Å². The van der Waals surface area contributed by atoms with Gasteiger partial charge in [-0.1, -0.05) is 37.0 Å². The second-order valence-corrected chi connectivity index (χ2v) is 6.28. The van der Waals surface area contributed by atoms with Crippen molar-refractivity contribution in [1.29, 1.82) is 0 Å². The highest BCUT2D eigenvalue weighted by molar-refractivity contribution is 6.55. The van der Waals surface area contributed by atoms with Crippen LogP contribution < -0.4 is 0 Å². The van der Waals surface area contributed by atoms with Crippen LogP contribution in [0.5, 0.6) is 0 Å². The fourth-order valence-electron chi connectivity index (χ4n) is 1.97. The predicted molar refractivity (Wildman–Crippen MR) is 71.5 cm³/mol. The summed E-state index contributed by atoms with van der Waals surface area (Å²) in [5.74, 6) is -0.112. The zero-order valence-electron chi connectivity index (χ0n) is 10.8. The molecule has 0 aromatic carbocycles. The Kier molecular flexibility index (Phi) is 5.23. The van der Waals surface area contributed by atoms with Gasteiger partial charge in [0, 0.05) is 24.2 Å². The molecule has 5 heteroatoms. The van der Waals surface area contributed by atoms with Crippen LogP contribution in [0.2, 0.25) is 0 Å². The van der Waals surface area contributed by atoms with E-state index in [1.54, 1.807) is 6.08 Å². The molecule has 0 amide bonds. The van der Waals surface area contributed by atoms with Gasteiger partial charge in [-0.25, -0.2) is 0 Å². The first-order valence-electron chi connectivity index (χ1n) is 5.97. The largest absolute Gasteiger partial charge is 0.461 e. The number of Topliss-reactive ketones (excluding diaryl/α,β-unsaturated/α-hetero) is 1. The Balaban J connectivity index is 2.37. The zero-order valence-corrected chi connectivity index (χ0v) is 12.3. The average molecular weight is 293 g/mol. The van der Waals surface area contributed by atoms with Gasteiger partial charge in [0.25, 0.3) is 0 Å². The van der Waals surface area contributed by atoms with Gasteiger partial charge in [-0.15, -0.1) is 0 Å². The second-order valence-electron chi connectivity index (χ2n) is 5.27. The maximum Gasteiger partial charge on any atom is 0.306 e. The van der Waals surface area contributed by atoms with Crippen LogP contribution in [-0.4, -0.2) is 17.9 Å². The molecule has 1 aliphatic rings. The van der Waals surface area contributed by atoms with Crippen LogP contribution >= 0.6 is 23.2 Å². The van der Waals surface area contributed by atoms with Crippen LogP contribution in [0.3, 0.4) is 0 Å². The van der Waals surface area contributed by atoms with Gasteiger partial charge in [0.15, 0.2) is 0 Å². The summed E-state index contributed by atoms with van der Waals surface area (Å²) < 4.78 is 5.56. The standard InChI is InChI=1S/C13H18Cl2O3/c1-8(16)5-4-6-11(17)18-12-9(7-10(14)15)13(12,2)3/h7,9,12H,4-6H2,1-3H3/t9-,12+/m0/s1. The molecule has 2 atom stereocenters. The van der Waals surface area contributed by atoms with Crippen LogP contribution in [0.15, 0.2) is 10.6 Å². The minimum absolute atomic E-state index is 0.0688. The molecule has 0 heterocycles. The molecule has 0 aliphatic heterocycles. The van der Waals surface area contributed by atoms with Crippen molar-refractivity contribution in [3.63, 3.8) is 0 Å². The maximum atomic E-state index is 11.6. The number of hydrogen-bond acceptors (Lipinski definition) is 3. The van der Waals surface area contributed by atoms with E-state index in [9.17, 15) is 9.59 Å². The number of esters is 1. The molecule has 3 nitrogen and oxygen atoms in total. The SMILES string of the molecule is CC(=O)CCCC(=O)O[C@@H]1[C@H](C=C(Cl)Cl)C1(C)C. The molecule has 1 fully saturated rings. The highest BCUT2D eigenvalue weighted by atomic mass is 35.5. The third-order valence-electron chi connectivity index (χ3n) is 3.28. The number of carbonyl (C=O) groups is 2. The van der Waals surface area contributed by atoms with Gasteiger partial charge in [0.1, 0.15) is 16.4 Å². The quantitative estimate of drug-likeness (QED) is 0.702. The van der Waals surface area contributed by atoms with Crippen molar-refractivity contribution in [2.45, 2.75) is 46.1 Å². The van der Waals surface area contributed by atoms with Gasteiger partial charge in [-0.05, 0) is 19.4 Å². The van der Waals surface area contributed by atoms with Gasteiger partial charge < -0.3 is 9.53 Å². The smallest absolute Gasteiger partial charge is 0.306 e. The fourth-order valence-corrected chi connectivity index (χ4v) is 2.25. The summed E-state index contributed by atoms with van der Waals surface area (Å²) in [6.07, 6.45) is 2.76. The topological polar surface area (TPSA) is 43.4 Å². The van der Waals surface area contributed by atoms with Gasteiger partial charge in [0.2, 0.25) is 0 Å². The summed E-state index contributed by atoms with van der Waals surface area (Å²) in [7, 11) is 0. The van der Waals surface area contributed by atoms with E-state index >= 15 is 0 Å². The van der Waals surface area contributed by atoms with Gasteiger partial charge in [-0.2, -0.15) is 0 Å². The lowest BCUT2D eigenvalue weighted by Gasteiger charge is -2.05. The number of hydrogen-bond donors (Lipinski definition) is 0.